The van der Waals surface area contributed by atoms with Gasteiger partial charge < -0.3 is 15.5 Å². The van der Waals surface area contributed by atoms with Gasteiger partial charge in [-0.15, -0.1) is 0 Å². The van der Waals surface area contributed by atoms with Gasteiger partial charge in [0.25, 0.3) is 0 Å². The van der Waals surface area contributed by atoms with Crippen molar-refractivity contribution in [1.29, 1.82) is 0 Å². The van der Waals surface area contributed by atoms with Gasteiger partial charge in [-0.2, -0.15) is 0 Å². The number of hydrogen-bond acceptors (Lipinski definition) is 2. The third kappa shape index (κ3) is 19.3. The molecule has 0 aromatic heterocycles. The van der Waals surface area contributed by atoms with Crippen molar-refractivity contribution in [3.05, 3.63) is 0 Å². The normalized spacial score (nSPS) is 8.00. The van der Waals surface area contributed by atoms with Crippen molar-refractivity contribution in [3.8, 4) is 0 Å². The van der Waals surface area contributed by atoms with E-state index in [0.717, 1.165) is 0 Å². The van der Waals surface area contributed by atoms with Crippen LogP contribution in [0.3, 0.4) is 0 Å². The van der Waals surface area contributed by atoms with Gasteiger partial charge in [-0.1, -0.05) is 0 Å². The molecule has 0 atom stereocenters. The molecule has 0 aliphatic rings. The molecule has 13 heavy (non-hydrogen) atoms. The summed E-state index contributed by atoms with van der Waals surface area (Å²) in [6.45, 7) is 0.894. The van der Waals surface area contributed by atoms with Crippen molar-refractivity contribution in [2.45, 2.75) is 12.8 Å². The molecule has 0 bridgehead atoms. The number of nitrogens with two attached hydrogens (primary N) is 1. The Hall–Kier alpha value is 0.900. The molecule has 0 radical (unpaired) electrons. The van der Waals surface area contributed by atoms with Crippen molar-refractivity contribution in [1.82, 2.24) is 0 Å². The van der Waals surface area contributed by atoms with Gasteiger partial charge in [0.15, 0.2) is 0 Å². The van der Waals surface area contributed by atoms with Crippen LogP contribution >= 0.6 is 0 Å². The molecular formula is C6H12NNa2O4+3. The Morgan fingerprint density at radius 3 is 1.46 bits per heavy atom. The van der Waals surface area contributed by atoms with Crippen LogP contribution in [0.2, 0.25) is 0 Å². The Kier molecular flexibility index (Phi) is 19.3. The number of hydrogen-bond donors (Lipinski definition) is 3. The van der Waals surface area contributed by atoms with Gasteiger partial charge in [-0.25, -0.2) is 0 Å². The molecule has 0 aromatic rings. The van der Waals surface area contributed by atoms with Crippen molar-refractivity contribution < 1.29 is 84.2 Å². The van der Waals surface area contributed by atoms with Gasteiger partial charge >= 0.3 is 71.1 Å². The molecule has 0 saturated heterocycles. The van der Waals surface area contributed by atoms with Crippen molar-refractivity contribution in [2.24, 2.45) is 0 Å². The minimum absolute atomic E-state index is 0. The number of rotatable bonds is 6. The summed E-state index contributed by atoms with van der Waals surface area (Å²) in [6.07, 6.45) is 0.166. The standard InChI is InChI=1S/C6H11NO4.2Na/c8-5(9)1-3-7-4-2-6(10)11;;/h7H,1-4H2,(H,8,9)(H,10,11);;/q;2*+1/p+1. The fraction of sp³-hybridized carbons (Fsp3) is 0.667. The van der Waals surface area contributed by atoms with Crippen LogP contribution in [0.5, 0.6) is 0 Å². The number of carboxylic acids is 2. The SMILES string of the molecule is O=C(O)CC[NH2+]CCC(=O)O.[Na+].[Na+]. The molecule has 5 nitrogen and oxygen atoms in total. The Bertz CT molecular complexity index is 138. The molecule has 4 N–H and O–H groups in total. The minimum Gasteiger partial charge on any atom is -0.481 e. The molecule has 0 aromatic carbocycles. The second-order valence-electron chi connectivity index (χ2n) is 2.15. The number of carbonyl (C=O) groups is 2. The first-order valence-corrected chi connectivity index (χ1v) is 3.38. The summed E-state index contributed by atoms with van der Waals surface area (Å²) in [7, 11) is 0. The summed E-state index contributed by atoms with van der Waals surface area (Å²) >= 11 is 0. The average Bonchev–Trinajstić information content (AvgIpc) is 1.85. The zero-order valence-corrected chi connectivity index (χ0v) is 12.1. The van der Waals surface area contributed by atoms with Gasteiger partial charge in [0.2, 0.25) is 0 Å². The Morgan fingerprint density at radius 1 is 0.923 bits per heavy atom. The first kappa shape index (κ1) is 19.5. The van der Waals surface area contributed by atoms with E-state index in [1.165, 1.54) is 0 Å². The summed E-state index contributed by atoms with van der Waals surface area (Å²) in [5.74, 6) is -1.70. The van der Waals surface area contributed by atoms with Crippen LogP contribution in [0.25, 0.3) is 0 Å². The number of aliphatic carboxylic acids is 2. The van der Waals surface area contributed by atoms with E-state index < -0.39 is 11.9 Å². The second-order valence-corrected chi connectivity index (χ2v) is 2.15. The van der Waals surface area contributed by atoms with E-state index in [0.29, 0.717) is 13.1 Å². The smallest absolute Gasteiger partial charge is 0.481 e. The van der Waals surface area contributed by atoms with Gasteiger partial charge in [0, 0.05) is 0 Å². The molecule has 0 spiro atoms. The predicted octanol–water partition coefficient (Wildman–Crippen LogP) is -7.49. The van der Waals surface area contributed by atoms with Crippen molar-refractivity contribution >= 4 is 11.9 Å². The molecule has 0 amide bonds. The summed E-state index contributed by atoms with van der Waals surface area (Å²) in [4.78, 5) is 19.9. The summed E-state index contributed by atoms with van der Waals surface area (Å²) in [5.41, 5.74) is 0. The van der Waals surface area contributed by atoms with E-state index in [4.69, 9.17) is 10.2 Å². The van der Waals surface area contributed by atoms with Crippen molar-refractivity contribution in [2.75, 3.05) is 13.1 Å². The molecule has 0 aliphatic carbocycles. The first-order chi connectivity index (χ1) is 5.13. The molecular weight excluding hydrogens is 196 g/mol. The molecule has 0 heterocycles. The van der Waals surface area contributed by atoms with Crippen LogP contribution in [-0.4, -0.2) is 35.2 Å². The van der Waals surface area contributed by atoms with Crippen LogP contribution in [0, 0.1) is 0 Å². The van der Waals surface area contributed by atoms with E-state index in [-0.39, 0.29) is 72.0 Å². The summed E-state index contributed by atoms with van der Waals surface area (Å²) < 4.78 is 0. The largest absolute Gasteiger partial charge is 1.00 e. The zero-order chi connectivity index (χ0) is 8.69. The number of carboxylic acid groups (broad SMARTS) is 2. The molecule has 0 saturated carbocycles. The molecule has 64 valence electrons. The summed E-state index contributed by atoms with van der Waals surface area (Å²) in [6, 6.07) is 0. The maximum Gasteiger partial charge on any atom is 1.00 e. The third-order valence-corrected chi connectivity index (χ3v) is 1.12. The maximum absolute atomic E-state index is 9.96. The Morgan fingerprint density at radius 2 is 1.23 bits per heavy atom. The van der Waals surface area contributed by atoms with E-state index in [1.54, 1.807) is 5.32 Å². The van der Waals surface area contributed by atoms with E-state index in [1.807, 2.05) is 0 Å². The van der Waals surface area contributed by atoms with Crippen LogP contribution in [0.1, 0.15) is 12.8 Å². The van der Waals surface area contributed by atoms with E-state index in [2.05, 4.69) is 0 Å². The van der Waals surface area contributed by atoms with Crippen molar-refractivity contribution in [3.63, 3.8) is 0 Å². The van der Waals surface area contributed by atoms with Gasteiger partial charge in [0.1, 0.15) is 0 Å². The van der Waals surface area contributed by atoms with Crippen LogP contribution < -0.4 is 64.4 Å². The number of quaternary nitrogens is 1. The van der Waals surface area contributed by atoms with Crippen LogP contribution in [0.15, 0.2) is 0 Å². The topological polar surface area (TPSA) is 91.2 Å². The molecule has 0 fully saturated rings. The van der Waals surface area contributed by atoms with E-state index >= 15 is 0 Å². The molecule has 0 unspecified atom stereocenters. The predicted molar refractivity (Wildman–Crippen MR) is 36.2 cm³/mol. The van der Waals surface area contributed by atoms with E-state index in [9.17, 15) is 9.59 Å². The molecule has 0 aliphatic heterocycles. The zero-order valence-electron chi connectivity index (χ0n) is 8.12. The maximum atomic E-state index is 9.96. The fourth-order valence-corrected chi connectivity index (χ4v) is 0.595. The summed E-state index contributed by atoms with van der Waals surface area (Å²) in [5, 5.41) is 18.1. The van der Waals surface area contributed by atoms with Gasteiger partial charge in [-0.3, -0.25) is 9.59 Å². The van der Waals surface area contributed by atoms with Crippen LogP contribution in [0.4, 0.5) is 0 Å². The first-order valence-electron chi connectivity index (χ1n) is 3.38. The fourth-order valence-electron chi connectivity index (χ4n) is 0.595. The quantitative estimate of drug-likeness (QED) is 0.299. The van der Waals surface area contributed by atoms with Gasteiger partial charge in [-0.05, 0) is 0 Å². The second kappa shape index (κ2) is 12.9. The third-order valence-electron chi connectivity index (χ3n) is 1.12. The van der Waals surface area contributed by atoms with Crippen LogP contribution in [-0.2, 0) is 9.59 Å². The monoisotopic (exact) mass is 208 g/mol. The average molecular weight is 208 g/mol. The molecule has 7 heteroatoms. The Balaban J connectivity index is -0.000000500. The minimum atomic E-state index is -0.850. The molecule has 0 rings (SSSR count). The Labute approximate surface area is 121 Å². The van der Waals surface area contributed by atoms with Gasteiger partial charge in [0.05, 0.1) is 25.9 Å².